The predicted molar refractivity (Wildman–Crippen MR) is 46.4 cm³/mol. The van der Waals surface area contributed by atoms with Crippen LogP contribution in [0.5, 0.6) is 5.75 Å². The van der Waals surface area contributed by atoms with Crippen LogP contribution in [0.25, 0.3) is 0 Å². The van der Waals surface area contributed by atoms with Gasteiger partial charge in [0.2, 0.25) is 0 Å². The molecule has 1 rings (SSSR count). The molecule has 1 aromatic carbocycles. The van der Waals surface area contributed by atoms with Crippen LogP contribution in [0.15, 0.2) is 18.2 Å². The Balaban J connectivity index is 0.00000169. The maximum absolute atomic E-state index is 12.4. The third-order valence-electron chi connectivity index (χ3n) is 1.84. The maximum Gasteiger partial charge on any atom is 1.00 e. The fourth-order valence-corrected chi connectivity index (χ4v) is 1.10. The molecule has 0 spiro atoms. The Bertz CT molecular complexity index is 314. The van der Waals surface area contributed by atoms with E-state index in [1.807, 2.05) is 0 Å². The predicted octanol–water partition coefficient (Wildman–Crippen LogP) is -0.938. The van der Waals surface area contributed by atoms with Gasteiger partial charge in [-0.1, -0.05) is 11.6 Å². The summed E-state index contributed by atoms with van der Waals surface area (Å²) < 4.78 is 41.8. The Labute approximate surface area is 123 Å². The SMILES string of the molecule is COc1ccc(C)c([B-](F)(F)F)c1.[K+]. The summed E-state index contributed by atoms with van der Waals surface area (Å²) >= 11 is 0. The summed E-state index contributed by atoms with van der Waals surface area (Å²) in [6.45, 7) is -3.50. The van der Waals surface area contributed by atoms with Crippen LogP contribution in [0, 0.1) is 6.92 Å². The zero-order valence-corrected chi connectivity index (χ0v) is 11.5. The van der Waals surface area contributed by atoms with Gasteiger partial charge < -0.3 is 17.7 Å². The Morgan fingerprint density at radius 1 is 1.21 bits per heavy atom. The molecule has 0 N–H and O–H groups in total. The molecule has 0 radical (unpaired) electrons. The summed E-state index contributed by atoms with van der Waals surface area (Å²) in [5.74, 6) is 0.236. The molecule has 6 heteroatoms. The summed E-state index contributed by atoms with van der Waals surface area (Å²) in [6, 6.07) is 3.94. The smallest absolute Gasteiger partial charge is 0.497 e. The van der Waals surface area contributed by atoms with E-state index in [4.69, 9.17) is 4.74 Å². The molecule has 0 aliphatic heterocycles. The Hall–Kier alpha value is 0.511. The monoisotopic (exact) mass is 228 g/mol. The molecule has 0 saturated heterocycles. The number of benzene rings is 1. The van der Waals surface area contributed by atoms with E-state index in [9.17, 15) is 12.9 Å². The molecular weight excluding hydrogens is 219 g/mol. The van der Waals surface area contributed by atoms with Gasteiger partial charge in [-0.05, 0) is 19.1 Å². The van der Waals surface area contributed by atoms with Gasteiger partial charge >= 0.3 is 58.4 Å². The van der Waals surface area contributed by atoms with E-state index in [1.54, 1.807) is 0 Å². The van der Waals surface area contributed by atoms with E-state index >= 15 is 0 Å². The van der Waals surface area contributed by atoms with Crippen LogP contribution in [0.4, 0.5) is 12.9 Å². The van der Waals surface area contributed by atoms with Crippen LogP contribution in [-0.4, -0.2) is 14.1 Å². The average molecular weight is 228 g/mol. The van der Waals surface area contributed by atoms with E-state index in [1.165, 1.54) is 26.2 Å². The Morgan fingerprint density at radius 2 is 1.79 bits per heavy atom. The standard InChI is InChI=1S/C8H9BF3O.K/c1-6-3-4-7(13-2)5-8(6)9(10,11)12;/h3-5H,1-2H3;/q-1;+1. The summed E-state index contributed by atoms with van der Waals surface area (Å²) in [4.78, 5) is 0. The van der Waals surface area contributed by atoms with E-state index in [2.05, 4.69) is 0 Å². The minimum absolute atomic E-state index is 0. The Morgan fingerprint density at radius 3 is 2.21 bits per heavy atom. The third-order valence-corrected chi connectivity index (χ3v) is 1.84. The molecule has 0 amide bonds. The summed E-state index contributed by atoms with van der Waals surface area (Å²) in [5, 5.41) is 0. The molecule has 0 heterocycles. The molecule has 1 nitrogen and oxygen atoms in total. The van der Waals surface area contributed by atoms with Crippen LogP contribution >= 0.6 is 0 Å². The first-order chi connectivity index (χ1) is 5.95. The van der Waals surface area contributed by atoms with Crippen molar-refractivity contribution in [3.8, 4) is 5.75 Å². The number of aryl methyl sites for hydroxylation is 1. The van der Waals surface area contributed by atoms with Gasteiger partial charge in [0, 0.05) is 0 Å². The second kappa shape index (κ2) is 5.56. The largest absolute Gasteiger partial charge is 1.00 e. The maximum atomic E-state index is 12.4. The zero-order chi connectivity index (χ0) is 10.1. The van der Waals surface area contributed by atoms with Crippen molar-refractivity contribution >= 4 is 12.4 Å². The molecular formula is C8H9BF3KO. The first-order valence-electron chi connectivity index (χ1n) is 3.79. The van der Waals surface area contributed by atoms with Crippen LogP contribution in [0.2, 0.25) is 0 Å². The second-order valence-corrected chi connectivity index (χ2v) is 2.80. The van der Waals surface area contributed by atoms with Crippen LogP contribution in [-0.2, 0) is 0 Å². The fourth-order valence-electron chi connectivity index (χ4n) is 1.10. The quantitative estimate of drug-likeness (QED) is 0.594. The van der Waals surface area contributed by atoms with Crippen molar-refractivity contribution < 1.29 is 69.1 Å². The van der Waals surface area contributed by atoms with Gasteiger partial charge in [0.05, 0.1) is 7.11 Å². The van der Waals surface area contributed by atoms with Gasteiger partial charge in [-0.15, -0.1) is 5.46 Å². The first-order valence-corrected chi connectivity index (χ1v) is 3.79. The normalized spacial score (nSPS) is 10.6. The molecule has 0 aliphatic carbocycles. The van der Waals surface area contributed by atoms with Gasteiger partial charge in [-0.25, -0.2) is 0 Å². The fraction of sp³-hybridized carbons (Fsp3) is 0.250. The van der Waals surface area contributed by atoms with Crippen LogP contribution < -0.4 is 61.6 Å². The van der Waals surface area contributed by atoms with Crippen molar-refractivity contribution in [1.29, 1.82) is 0 Å². The van der Waals surface area contributed by atoms with Gasteiger partial charge in [0.15, 0.2) is 0 Å². The van der Waals surface area contributed by atoms with Crippen LogP contribution in [0.1, 0.15) is 5.56 Å². The molecule has 0 atom stereocenters. The number of hydrogen-bond donors (Lipinski definition) is 0. The molecule has 14 heavy (non-hydrogen) atoms. The minimum Gasteiger partial charge on any atom is -0.497 e. The van der Waals surface area contributed by atoms with E-state index in [0.717, 1.165) is 6.07 Å². The van der Waals surface area contributed by atoms with E-state index < -0.39 is 12.4 Å². The number of ether oxygens (including phenoxy) is 1. The minimum atomic E-state index is -4.94. The average Bonchev–Trinajstić information content (AvgIpc) is 2.03. The van der Waals surface area contributed by atoms with Gasteiger partial charge in [-0.3, -0.25) is 0 Å². The zero-order valence-electron chi connectivity index (χ0n) is 8.35. The first kappa shape index (κ1) is 14.5. The molecule has 0 bridgehead atoms. The number of methoxy groups -OCH3 is 1. The second-order valence-electron chi connectivity index (χ2n) is 2.80. The number of halogens is 3. The van der Waals surface area contributed by atoms with Crippen molar-refractivity contribution in [3.05, 3.63) is 23.8 Å². The van der Waals surface area contributed by atoms with Crippen LogP contribution in [0.3, 0.4) is 0 Å². The van der Waals surface area contributed by atoms with Crippen molar-refractivity contribution in [2.45, 2.75) is 6.92 Å². The summed E-state index contributed by atoms with van der Waals surface area (Å²) in [5.41, 5.74) is -0.354. The van der Waals surface area contributed by atoms with Gasteiger partial charge in [0.25, 0.3) is 0 Å². The van der Waals surface area contributed by atoms with E-state index in [0.29, 0.717) is 0 Å². The topological polar surface area (TPSA) is 9.23 Å². The van der Waals surface area contributed by atoms with Gasteiger partial charge in [0.1, 0.15) is 5.75 Å². The number of rotatable bonds is 2. The molecule has 0 unspecified atom stereocenters. The molecule has 0 aliphatic rings. The molecule has 0 aromatic heterocycles. The van der Waals surface area contributed by atoms with Gasteiger partial charge in [-0.2, -0.15) is 0 Å². The van der Waals surface area contributed by atoms with Crippen molar-refractivity contribution in [2.75, 3.05) is 7.11 Å². The Kier molecular flexibility index (Phi) is 5.76. The summed E-state index contributed by atoms with van der Waals surface area (Å²) in [7, 11) is 1.35. The molecule has 1 aromatic rings. The van der Waals surface area contributed by atoms with E-state index in [-0.39, 0.29) is 62.7 Å². The van der Waals surface area contributed by atoms with Crippen molar-refractivity contribution in [2.24, 2.45) is 0 Å². The van der Waals surface area contributed by atoms with Crippen molar-refractivity contribution in [1.82, 2.24) is 0 Å². The third kappa shape index (κ3) is 3.58. The van der Waals surface area contributed by atoms with Crippen molar-refractivity contribution in [3.63, 3.8) is 0 Å². The molecule has 0 fully saturated rings. The molecule has 0 saturated carbocycles. The summed E-state index contributed by atoms with van der Waals surface area (Å²) in [6.07, 6.45) is 0. The molecule has 72 valence electrons. The number of hydrogen-bond acceptors (Lipinski definition) is 1.